The number of rotatable bonds is 3. The molecule has 1 aliphatic rings. The topological polar surface area (TPSA) is 64.3 Å². The lowest BCUT2D eigenvalue weighted by molar-refractivity contribution is -0.123. The maximum absolute atomic E-state index is 13.3. The summed E-state index contributed by atoms with van der Waals surface area (Å²) in [5.41, 5.74) is 5.25. The van der Waals surface area contributed by atoms with Crippen LogP contribution in [0.25, 0.3) is 0 Å². The first-order valence-electron chi connectivity index (χ1n) is 7.34. The average Bonchev–Trinajstić information content (AvgIpc) is 2.35. The molecule has 0 heterocycles. The molecule has 128 valence electrons. The summed E-state index contributed by atoms with van der Waals surface area (Å²) in [6, 6.07) is 4.83. The van der Waals surface area contributed by atoms with E-state index in [1.807, 2.05) is 0 Å². The molecule has 0 saturated heterocycles. The Morgan fingerprint density at radius 1 is 1.39 bits per heavy atom. The van der Waals surface area contributed by atoms with Crippen molar-refractivity contribution in [3.05, 3.63) is 28.8 Å². The Morgan fingerprint density at radius 2 is 2.00 bits per heavy atom. The van der Waals surface area contributed by atoms with E-state index >= 15 is 0 Å². The van der Waals surface area contributed by atoms with Crippen LogP contribution in [-0.2, 0) is 10.2 Å². The van der Waals surface area contributed by atoms with Crippen LogP contribution in [0.15, 0.2) is 18.2 Å². The van der Waals surface area contributed by atoms with Crippen LogP contribution in [0.2, 0.25) is 5.02 Å². The summed E-state index contributed by atoms with van der Waals surface area (Å²) >= 11 is 6.07. The minimum absolute atomic E-state index is 0.107. The van der Waals surface area contributed by atoms with Crippen LogP contribution in [0.1, 0.15) is 39.2 Å². The molecule has 4 nitrogen and oxygen atoms in total. The van der Waals surface area contributed by atoms with Gasteiger partial charge in [-0.25, -0.2) is 13.6 Å². The third-order valence-electron chi connectivity index (χ3n) is 3.80. The van der Waals surface area contributed by atoms with E-state index in [0.717, 1.165) is 0 Å². The number of ether oxygens (including phenoxy) is 1. The second-order valence-corrected chi connectivity index (χ2v) is 7.42. The summed E-state index contributed by atoms with van der Waals surface area (Å²) in [7, 11) is 0. The lowest BCUT2D eigenvalue weighted by Crippen LogP contribution is -2.53. The van der Waals surface area contributed by atoms with Crippen molar-refractivity contribution in [3.63, 3.8) is 0 Å². The molecule has 1 aliphatic carbocycles. The number of amides is 1. The Bertz CT molecular complexity index is 607. The molecule has 0 atom stereocenters. The molecule has 0 spiro atoms. The van der Waals surface area contributed by atoms with Crippen molar-refractivity contribution in [3.8, 4) is 0 Å². The van der Waals surface area contributed by atoms with Gasteiger partial charge in [0.2, 0.25) is 5.92 Å². The smallest absolute Gasteiger partial charge is 0.412 e. The third-order valence-corrected chi connectivity index (χ3v) is 4.13. The van der Waals surface area contributed by atoms with Crippen molar-refractivity contribution >= 4 is 23.4 Å². The number of nitrogens with two attached hydrogens (primary N) is 1. The van der Waals surface area contributed by atoms with E-state index < -0.39 is 23.0 Å². The highest BCUT2D eigenvalue weighted by atomic mass is 35.5. The van der Waals surface area contributed by atoms with Gasteiger partial charge in [-0.3, -0.25) is 5.32 Å². The quantitative estimate of drug-likeness (QED) is 0.857. The third kappa shape index (κ3) is 4.12. The van der Waals surface area contributed by atoms with Crippen molar-refractivity contribution in [1.29, 1.82) is 0 Å². The number of anilines is 1. The number of carbonyl (C=O) groups excluding carboxylic acids is 1. The standard InChI is InChI=1S/C16H21ClF2N2O2/c1-14(2,3)23-13(22)21-12-6-10(4-5-11(12)17)15(9-20)7-16(18,19)8-15/h4-6H,7-9,20H2,1-3H3,(H,21,22). The lowest BCUT2D eigenvalue weighted by Gasteiger charge is -2.47. The highest BCUT2D eigenvalue weighted by molar-refractivity contribution is 6.33. The molecule has 2 rings (SSSR count). The molecule has 0 radical (unpaired) electrons. The summed E-state index contributed by atoms with van der Waals surface area (Å²) in [5.74, 6) is -2.70. The van der Waals surface area contributed by atoms with Gasteiger partial charge >= 0.3 is 6.09 Å². The number of hydrogen-bond acceptors (Lipinski definition) is 3. The Labute approximate surface area is 139 Å². The van der Waals surface area contributed by atoms with E-state index in [1.54, 1.807) is 39.0 Å². The zero-order chi connectivity index (χ0) is 17.5. The van der Waals surface area contributed by atoms with E-state index in [4.69, 9.17) is 22.1 Å². The number of benzene rings is 1. The molecular formula is C16H21ClF2N2O2. The average molecular weight is 347 g/mol. The van der Waals surface area contributed by atoms with Gasteiger partial charge in [0.1, 0.15) is 5.60 Å². The SMILES string of the molecule is CC(C)(C)OC(=O)Nc1cc(C2(CN)CC(F)(F)C2)ccc1Cl. The molecule has 7 heteroatoms. The van der Waals surface area contributed by atoms with Gasteiger partial charge in [-0.15, -0.1) is 0 Å². The summed E-state index contributed by atoms with van der Waals surface area (Å²) in [6.45, 7) is 5.33. The largest absolute Gasteiger partial charge is 0.444 e. The lowest BCUT2D eigenvalue weighted by atomic mass is 9.62. The molecule has 0 aromatic heterocycles. The zero-order valence-corrected chi connectivity index (χ0v) is 14.1. The fourth-order valence-corrected chi connectivity index (χ4v) is 2.93. The second kappa shape index (κ2) is 5.91. The van der Waals surface area contributed by atoms with Gasteiger partial charge < -0.3 is 10.5 Å². The number of halogens is 3. The van der Waals surface area contributed by atoms with Crippen LogP contribution in [0.5, 0.6) is 0 Å². The highest BCUT2D eigenvalue weighted by Crippen LogP contribution is 2.53. The van der Waals surface area contributed by atoms with Crippen molar-refractivity contribution in [2.75, 3.05) is 11.9 Å². The van der Waals surface area contributed by atoms with Gasteiger partial charge in [0.05, 0.1) is 10.7 Å². The van der Waals surface area contributed by atoms with Crippen LogP contribution in [0.4, 0.5) is 19.3 Å². The fourth-order valence-electron chi connectivity index (χ4n) is 2.77. The van der Waals surface area contributed by atoms with Crippen molar-refractivity contribution in [2.45, 2.75) is 50.6 Å². The minimum atomic E-state index is -2.70. The molecule has 0 bridgehead atoms. The molecule has 1 aromatic carbocycles. The van der Waals surface area contributed by atoms with Gasteiger partial charge in [0.15, 0.2) is 0 Å². The van der Waals surface area contributed by atoms with Gasteiger partial charge in [0.25, 0.3) is 0 Å². The van der Waals surface area contributed by atoms with Crippen molar-refractivity contribution in [2.24, 2.45) is 5.73 Å². The Balaban J connectivity index is 2.21. The molecule has 1 amide bonds. The number of carbonyl (C=O) groups is 1. The fraction of sp³-hybridized carbons (Fsp3) is 0.562. The number of nitrogens with one attached hydrogen (secondary N) is 1. The molecule has 1 fully saturated rings. The van der Waals surface area contributed by atoms with Crippen LogP contribution in [-0.4, -0.2) is 24.2 Å². The highest BCUT2D eigenvalue weighted by Gasteiger charge is 2.56. The Hall–Kier alpha value is -1.40. The van der Waals surface area contributed by atoms with E-state index in [9.17, 15) is 13.6 Å². The predicted octanol–water partition coefficient (Wildman–Crippen LogP) is 4.31. The molecule has 3 N–H and O–H groups in total. The van der Waals surface area contributed by atoms with Gasteiger partial charge in [-0.2, -0.15) is 0 Å². The zero-order valence-electron chi connectivity index (χ0n) is 13.4. The predicted molar refractivity (Wildman–Crippen MR) is 86.2 cm³/mol. The summed E-state index contributed by atoms with van der Waals surface area (Å²) in [5, 5.41) is 2.85. The van der Waals surface area contributed by atoms with Gasteiger partial charge in [-0.05, 0) is 38.5 Å². The van der Waals surface area contributed by atoms with Gasteiger partial charge in [0, 0.05) is 24.8 Å². The van der Waals surface area contributed by atoms with Crippen molar-refractivity contribution in [1.82, 2.24) is 0 Å². The van der Waals surface area contributed by atoms with E-state index in [0.29, 0.717) is 16.3 Å². The molecule has 23 heavy (non-hydrogen) atoms. The van der Waals surface area contributed by atoms with Crippen LogP contribution in [0, 0.1) is 0 Å². The first kappa shape index (κ1) is 17.9. The molecule has 0 unspecified atom stereocenters. The second-order valence-electron chi connectivity index (χ2n) is 7.02. The van der Waals surface area contributed by atoms with Crippen LogP contribution < -0.4 is 11.1 Å². The maximum Gasteiger partial charge on any atom is 0.412 e. The molecule has 1 aromatic rings. The minimum Gasteiger partial charge on any atom is -0.444 e. The summed E-state index contributed by atoms with van der Waals surface area (Å²) in [6.07, 6.45) is -1.26. The Morgan fingerprint density at radius 3 is 2.48 bits per heavy atom. The number of hydrogen-bond donors (Lipinski definition) is 2. The number of alkyl halides is 2. The molecular weight excluding hydrogens is 326 g/mol. The first-order valence-corrected chi connectivity index (χ1v) is 7.72. The Kier molecular flexibility index (Phi) is 4.61. The van der Waals surface area contributed by atoms with Crippen LogP contribution in [0.3, 0.4) is 0 Å². The van der Waals surface area contributed by atoms with Gasteiger partial charge in [-0.1, -0.05) is 17.7 Å². The van der Waals surface area contributed by atoms with E-state index in [-0.39, 0.29) is 19.4 Å². The summed E-state index contributed by atoms with van der Waals surface area (Å²) in [4.78, 5) is 11.9. The molecule has 0 aliphatic heterocycles. The normalized spacial score (nSPS) is 18.9. The monoisotopic (exact) mass is 346 g/mol. The molecule has 1 saturated carbocycles. The van der Waals surface area contributed by atoms with Crippen LogP contribution >= 0.6 is 11.6 Å². The van der Waals surface area contributed by atoms with E-state index in [2.05, 4.69) is 5.32 Å². The van der Waals surface area contributed by atoms with E-state index in [1.165, 1.54) is 0 Å². The first-order chi connectivity index (χ1) is 10.5. The summed E-state index contributed by atoms with van der Waals surface area (Å²) < 4.78 is 31.8. The maximum atomic E-state index is 13.3. The van der Waals surface area contributed by atoms with Crippen molar-refractivity contribution < 1.29 is 18.3 Å².